The molecule has 0 bridgehead atoms. The van der Waals surface area contributed by atoms with E-state index in [1.54, 1.807) is 0 Å². The van der Waals surface area contributed by atoms with Crippen molar-refractivity contribution in [3.05, 3.63) is 29.3 Å². The maximum atomic E-state index is 11.0. The number of hydrogen-bond acceptors (Lipinski definition) is 3. The molecule has 0 aliphatic carbocycles. The van der Waals surface area contributed by atoms with Gasteiger partial charge in [0.05, 0.1) is 0 Å². The number of rotatable bonds is 1. The highest BCUT2D eigenvalue weighted by atomic mass is 16.6. The minimum absolute atomic E-state index is 0.580. The van der Waals surface area contributed by atoms with Gasteiger partial charge in [-0.1, -0.05) is 23.7 Å². The van der Waals surface area contributed by atoms with E-state index in [4.69, 9.17) is 9.31 Å². The molecule has 1 aromatic carbocycles. The summed E-state index contributed by atoms with van der Waals surface area (Å²) < 4.78 is 12.8. The highest BCUT2D eigenvalue weighted by molar-refractivity contribution is 6.76. The van der Waals surface area contributed by atoms with E-state index < -0.39 is 6.69 Å². The summed E-state index contributed by atoms with van der Waals surface area (Å²) in [6, 6.07) is 5.75. The maximum Gasteiger partial charge on any atom is 0.502 e. The summed E-state index contributed by atoms with van der Waals surface area (Å²) >= 11 is 0. The monoisotopic (exact) mass is 247 g/mol. The fraction of sp³-hybridized carbons (Fsp3) is 0.462. The van der Waals surface area contributed by atoms with Crippen molar-refractivity contribution in [3.8, 4) is 0 Å². The highest BCUT2D eigenvalue weighted by Crippen LogP contribution is 2.31. The second kappa shape index (κ2) is 3.92. The predicted molar refractivity (Wildman–Crippen MR) is 69.6 cm³/mol. The Bertz CT molecular complexity index is 499. The first-order chi connectivity index (χ1) is 8.59. The van der Waals surface area contributed by atoms with Crippen LogP contribution in [0.5, 0.6) is 0 Å². The predicted octanol–water partition coefficient (Wildman–Crippen LogP) is 0.672. The molecule has 3 rings (SSSR count). The number of fused-ring (bicyclic) bond motifs is 2. The summed E-state index contributed by atoms with van der Waals surface area (Å²) in [5, 5.41) is 0. The Labute approximate surface area is 107 Å². The zero-order valence-electron chi connectivity index (χ0n) is 10.9. The molecular formula is C13H18BNO3. The van der Waals surface area contributed by atoms with Gasteiger partial charge in [0.1, 0.15) is 6.29 Å². The van der Waals surface area contributed by atoms with Crippen molar-refractivity contribution in [1.29, 1.82) is 0 Å². The van der Waals surface area contributed by atoms with Crippen molar-refractivity contribution in [2.24, 2.45) is 0 Å². The van der Waals surface area contributed by atoms with Crippen LogP contribution < -0.4 is 5.46 Å². The van der Waals surface area contributed by atoms with Crippen LogP contribution in [0.4, 0.5) is 0 Å². The summed E-state index contributed by atoms with van der Waals surface area (Å²) in [4.78, 5) is 11.0. The Morgan fingerprint density at radius 2 is 2.17 bits per heavy atom. The van der Waals surface area contributed by atoms with Crippen molar-refractivity contribution >= 4 is 18.4 Å². The number of quaternary nitrogens is 1. The molecule has 2 aliphatic heterocycles. The van der Waals surface area contributed by atoms with Crippen LogP contribution in [0, 0.1) is 0 Å². The van der Waals surface area contributed by atoms with Gasteiger partial charge in [-0.3, -0.25) is 4.79 Å². The molecular weight excluding hydrogens is 229 g/mol. The molecule has 0 saturated carbocycles. The number of carbonyl (C=O) groups excluding carboxylic acids is 1. The molecule has 2 aliphatic rings. The topological polar surface area (TPSA) is 35.5 Å². The lowest BCUT2D eigenvalue weighted by Gasteiger charge is -2.55. The first kappa shape index (κ1) is 11.9. The van der Waals surface area contributed by atoms with Gasteiger partial charge in [0.25, 0.3) is 0 Å². The van der Waals surface area contributed by atoms with Gasteiger partial charge in [-0.2, -0.15) is 0 Å². The highest BCUT2D eigenvalue weighted by Gasteiger charge is 2.53. The van der Waals surface area contributed by atoms with Crippen LogP contribution in [0.1, 0.15) is 22.3 Å². The minimum atomic E-state index is -1.50. The van der Waals surface area contributed by atoms with Crippen LogP contribution in [-0.4, -0.2) is 44.6 Å². The van der Waals surface area contributed by atoms with E-state index in [2.05, 4.69) is 14.1 Å². The van der Waals surface area contributed by atoms with Gasteiger partial charge in [0.2, 0.25) is 0 Å². The second-order valence-corrected chi connectivity index (χ2v) is 5.79. The zero-order chi connectivity index (χ0) is 12.8. The summed E-state index contributed by atoms with van der Waals surface area (Å²) in [5.74, 6) is 0. The van der Waals surface area contributed by atoms with E-state index in [-0.39, 0.29) is 0 Å². The number of nitrogens with zero attached hydrogens (tertiary/aromatic N) is 1. The number of hydrogen-bond donors (Lipinski definition) is 0. The molecule has 0 aromatic heterocycles. The molecule has 1 saturated heterocycles. The second-order valence-electron chi connectivity index (χ2n) is 5.79. The molecule has 1 aromatic rings. The summed E-state index contributed by atoms with van der Waals surface area (Å²) in [5.41, 5.74) is 2.91. The first-order valence-corrected chi connectivity index (χ1v) is 6.42. The molecule has 18 heavy (non-hydrogen) atoms. The molecule has 0 radical (unpaired) electrons. The van der Waals surface area contributed by atoms with Crippen LogP contribution >= 0.6 is 0 Å². The van der Waals surface area contributed by atoms with Gasteiger partial charge in [0, 0.05) is 45.8 Å². The van der Waals surface area contributed by atoms with Gasteiger partial charge < -0.3 is 13.7 Å². The molecule has 96 valence electrons. The molecule has 1 spiro atoms. The van der Waals surface area contributed by atoms with E-state index in [0.717, 1.165) is 36.9 Å². The van der Waals surface area contributed by atoms with E-state index in [1.165, 1.54) is 0 Å². The molecule has 0 N–H and O–H groups in total. The van der Waals surface area contributed by atoms with Crippen LogP contribution in [0.25, 0.3) is 0 Å². The summed E-state index contributed by atoms with van der Waals surface area (Å²) in [7, 11) is 4.28. The average Bonchev–Trinajstić information content (AvgIpc) is 2.73. The Balaban J connectivity index is 2.14. The Hall–Kier alpha value is -1.17. The largest absolute Gasteiger partial charge is 0.509 e. The van der Waals surface area contributed by atoms with E-state index in [0.29, 0.717) is 16.6 Å². The van der Waals surface area contributed by atoms with Gasteiger partial charge >= 0.3 is 6.69 Å². The maximum absolute atomic E-state index is 11.0. The van der Waals surface area contributed by atoms with Gasteiger partial charge in [-0.15, -0.1) is 0 Å². The molecule has 2 heterocycles. The van der Waals surface area contributed by atoms with Crippen molar-refractivity contribution < 1.29 is 18.5 Å². The van der Waals surface area contributed by atoms with E-state index >= 15 is 0 Å². The number of carbonyl (C=O) groups is 1. The van der Waals surface area contributed by atoms with Gasteiger partial charge in [-0.25, -0.2) is 0 Å². The molecule has 1 unspecified atom stereocenters. The smallest absolute Gasteiger partial charge is 0.502 e. The van der Waals surface area contributed by atoms with Crippen LogP contribution in [0.3, 0.4) is 0 Å². The van der Waals surface area contributed by atoms with Gasteiger partial charge in [-0.05, 0) is 5.56 Å². The van der Waals surface area contributed by atoms with Gasteiger partial charge in [0.15, 0.2) is 0 Å². The normalized spacial score (nSPS) is 29.2. The Morgan fingerprint density at radius 1 is 1.33 bits per heavy atom. The lowest BCUT2D eigenvalue weighted by Crippen LogP contribution is -2.74. The summed E-state index contributed by atoms with van der Waals surface area (Å²) in [6.07, 6.45) is 1.92. The van der Waals surface area contributed by atoms with Crippen molar-refractivity contribution in [3.63, 3.8) is 0 Å². The molecule has 4 nitrogen and oxygen atoms in total. The lowest BCUT2D eigenvalue weighted by atomic mass is 9.58. The van der Waals surface area contributed by atoms with Crippen molar-refractivity contribution in [2.45, 2.75) is 13.0 Å². The average molecular weight is 247 g/mol. The third kappa shape index (κ3) is 1.48. The fourth-order valence-corrected chi connectivity index (χ4v) is 3.25. The minimum Gasteiger partial charge on any atom is -0.509 e. The van der Waals surface area contributed by atoms with Crippen LogP contribution in [0.2, 0.25) is 0 Å². The van der Waals surface area contributed by atoms with Crippen molar-refractivity contribution in [1.82, 2.24) is 0 Å². The van der Waals surface area contributed by atoms with Crippen molar-refractivity contribution in [2.75, 3.05) is 27.2 Å². The molecule has 5 heteroatoms. The number of aldehydes is 1. The SMILES string of the molecule is C[N+]1(C)CCCO[B-]12OCc1ccc(C=O)cc12. The molecule has 0 amide bonds. The lowest BCUT2D eigenvalue weighted by molar-refractivity contribution is -0.812. The van der Waals surface area contributed by atoms with E-state index in [9.17, 15) is 4.79 Å². The van der Waals surface area contributed by atoms with Crippen LogP contribution in [0.15, 0.2) is 18.2 Å². The fourth-order valence-electron chi connectivity index (χ4n) is 3.25. The number of benzene rings is 1. The third-order valence-corrected chi connectivity index (χ3v) is 4.31. The van der Waals surface area contributed by atoms with Crippen LogP contribution in [-0.2, 0) is 15.9 Å². The van der Waals surface area contributed by atoms with E-state index in [1.807, 2.05) is 18.2 Å². The zero-order valence-corrected chi connectivity index (χ0v) is 10.9. The molecule has 1 fully saturated rings. The molecule has 1 atom stereocenters. The Morgan fingerprint density at radius 3 is 2.89 bits per heavy atom. The Kier molecular flexibility index (Phi) is 2.59. The first-order valence-electron chi connectivity index (χ1n) is 6.42. The third-order valence-electron chi connectivity index (χ3n) is 4.31. The summed E-state index contributed by atoms with van der Waals surface area (Å²) in [6.45, 7) is 0.843. The quantitative estimate of drug-likeness (QED) is 0.540. The standard InChI is InChI=1S/C13H18BNO3/c1-15(2)6-3-7-17-14(15)13-8-11(9-16)4-5-12(13)10-18-14/h4-5,8-9H,3,6-7,10H2,1-2H3.